The molecule has 0 radical (unpaired) electrons. The molecule has 0 heterocycles. The van der Waals surface area contributed by atoms with Gasteiger partial charge in [0.05, 0.1) is 11.4 Å². The second kappa shape index (κ2) is 6.43. The molecule has 0 amide bonds. The van der Waals surface area contributed by atoms with Gasteiger partial charge in [-0.1, -0.05) is 36.4 Å². The third-order valence-electron chi connectivity index (χ3n) is 2.88. The molecule has 2 aromatic rings. The Bertz CT molecular complexity index is 655. The highest BCUT2D eigenvalue weighted by molar-refractivity contribution is 7.92. The molecule has 0 fully saturated rings. The summed E-state index contributed by atoms with van der Waals surface area (Å²) in [6.45, 7) is 0. The van der Waals surface area contributed by atoms with E-state index < -0.39 is 10.0 Å². The first-order valence-electron chi connectivity index (χ1n) is 6.45. The molecular formula is C15H18N2O2S. The first-order valence-corrected chi connectivity index (χ1v) is 8.10. The molecule has 0 bridgehead atoms. The molecule has 0 aromatic heterocycles. The molecule has 0 spiro atoms. The normalized spacial score (nSPS) is 11.2. The van der Waals surface area contributed by atoms with E-state index in [0.29, 0.717) is 17.8 Å². The van der Waals surface area contributed by atoms with Crippen LogP contribution in [0.4, 0.5) is 11.4 Å². The lowest BCUT2D eigenvalue weighted by Gasteiger charge is -2.08. The van der Waals surface area contributed by atoms with E-state index in [1.807, 2.05) is 30.3 Å². The topological polar surface area (TPSA) is 72.2 Å². The van der Waals surface area contributed by atoms with Gasteiger partial charge in [-0.25, -0.2) is 8.42 Å². The van der Waals surface area contributed by atoms with Crippen molar-refractivity contribution in [3.05, 3.63) is 60.2 Å². The number of rotatable bonds is 6. The van der Waals surface area contributed by atoms with Crippen LogP contribution in [0.15, 0.2) is 54.6 Å². The first-order chi connectivity index (χ1) is 9.55. The van der Waals surface area contributed by atoms with Crippen molar-refractivity contribution in [2.24, 2.45) is 0 Å². The van der Waals surface area contributed by atoms with Gasteiger partial charge in [-0.2, -0.15) is 0 Å². The van der Waals surface area contributed by atoms with Crippen molar-refractivity contribution >= 4 is 21.4 Å². The molecule has 0 saturated carbocycles. The predicted molar refractivity (Wildman–Crippen MR) is 83.0 cm³/mol. The Labute approximate surface area is 119 Å². The summed E-state index contributed by atoms with van der Waals surface area (Å²) >= 11 is 0. The molecular weight excluding hydrogens is 272 g/mol. The molecule has 106 valence electrons. The minimum absolute atomic E-state index is 0.0939. The average Bonchev–Trinajstić information content (AvgIpc) is 2.39. The number of sulfonamides is 1. The molecule has 2 rings (SSSR count). The number of nitrogens with two attached hydrogens (primary N) is 1. The number of aryl methyl sites for hydroxylation is 1. The Morgan fingerprint density at radius 3 is 2.45 bits per heavy atom. The zero-order chi connectivity index (χ0) is 14.4. The van der Waals surface area contributed by atoms with Crippen LogP contribution in [-0.2, 0) is 16.4 Å². The van der Waals surface area contributed by atoms with Crippen molar-refractivity contribution in [3.63, 3.8) is 0 Å². The molecule has 0 aliphatic carbocycles. The van der Waals surface area contributed by atoms with E-state index in [4.69, 9.17) is 5.73 Å². The summed E-state index contributed by atoms with van der Waals surface area (Å²) in [7, 11) is -3.33. The fourth-order valence-electron chi connectivity index (χ4n) is 1.94. The fourth-order valence-corrected chi connectivity index (χ4v) is 3.06. The summed E-state index contributed by atoms with van der Waals surface area (Å²) in [5.74, 6) is 0.0939. The summed E-state index contributed by atoms with van der Waals surface area (Å²) in [6.07, 6.45) is 1.33. The van der Waals surface area contributed by atoms with Gasteiger partial charge in [0.2, 0.25) is 10.0 Å². The maximum Gasteiger partial charge on any atom is 0.232 e. The maximum atomic E-state index is 11.9. The van der Waals surface area contributed by atoms with E-state index in [1.165, 1.54) is 0 Å². The molecule has 0 aliphatic heterocycles. The van der Waals surface area contributed by atoms with E-state index in [-0.39, 0.29) is 5.75 Å². The van der Waals surface area contributed by atoms with E-state index in [9.17, 15) is 8.42 Å². The van der Waals surface area contributed by atoms with E-state index in [2.05, 4.69) is 4.72 Å². The summed E-state index contributed by atoms with van der Waals surface area (Å²) < 4.78 is 26.4. The first kappa shape index (κ1) is 14.4. The van der Waals surface area contributed by atoms with Gasteiger partial charge in [0.15, 0.2) is 0 Å². The van der Waals surface area contributed by atoms with Gasteiger partial charge in [0, 0.05) is 5.69 Å². The summed E-state index contributed by atoms with van der Waals surface area (Å²) in [5.41, 5.74) is 7.80. The number of nitrogens with one attached hydrogen (secondary N) is 1. The van der Waals surface area contributed by atoms with Gasteiger partial charge in [-0.05, 0) is 36.6 Å². The van der Waals surface area contributed by atoms with E-state index in [1.54, 1.807) is 24.3 Å². The van der Waals surface area contributed by atoms with E-state index >= 15 is 0 Å². The third kappa shape index (κ3) is 4.59. The smallest absolute Gasteiger partial charge is 0.232 e. The van der Waals surface area contributed by atoms with Gasteiger partial charge in [0.1, 0.15) is 0 Å². The predicted octanol–water partition coefficient (Wildman–Crippen LogP) is 2.64. The summed E-state index contributed by atoms with van der Waals surface area (Å²) in [5, 5.41) is 0. The van der Waals surface area contributed by atoms with Crippen molar-refractivity contribution in [2.45, 2.75) is 12.8 Å². The number of hydrogen-bond donors (Lipinski definition) is 2. The Morgan fingerprint density at radius 2 is 1.75 bits per heavy atom. The third-order valence-corrected chi connectivity index (χ3v) is 4.25. The van der Waals surface area contributed by atoms with Crippen molar-refractivity contribution < 1.29 is 8.42 Å². The van der Waals surface area contributed by atoms with Gasteiger partial charge < -0.3 is 5.73 Å². The zero-order valence-electron chi connectivity index (χ0n) is 11.1. The summed E-state index contributed by atoms with van der Waals surface area (Å²) in [6, 6.07) is 16.6. The molecule has 0 aliphatic rings. The van der Waals surface area contributed by atoms with Crippen LogP contribution in [0, 0.1) is 0 Å². The van der Waals surface area contributed by atoms with Crippen molar-refractivity contribution in [1.82, 2.24) is 0 Å². The number of benzene rings is 2. The zero-order valence-corrected chi connectivity index (χ0v) is 11.9. The second-order valence-corrected chi connectivity index (χ2v) is 6.48. The van der Waals surface area contributed by atoms with Crippen molar-refractivity contribution in [3.8, 4) is 0 Å². The van der Waals surface area contributed by atoms with Crippen LogP contribution in [-0.4, -0.2) is 14.2 Å². The van der Waals surface area contributed by atoms with Crippen LogP contribution in [0.5, 0.6) is 0 Å². The molecule has 3 N–H and O–H groups in total. The summed E-state index contributed by atoms with van der Waals surface area (Å²) in [4.78, 5) is 0. The Hall–Kier alpha value is -2.01. The van der Waals surface area contributed by atoms with Gasteiger partial charge >= 0.3 is 0 Å². The minimum atomic E-state index is -3.33. The van der Waals surface area contributed by atoms with Crippen LogP contribution in [0.3, 0.4) is 0 Å². The SMILES string of the molecule is Nc1cccc(NS(=O)(=O)CCCc2ccccc2)c1. The van der Waals surface area contributed by atoms with Crippen LogP contribution in [0.1, 0.15) is 12.0 Å². The molecule has 4 nitrogen and oxygen atoms in total. The van der Waals surface area contributed by atoms with Crippen LogP contribution < -0.4 is 10.5 Å². The monoisotopic (exact) mass is 290 g/mol. The lowest BCUT2D eigenvalue weighted by Crippen LogP contribution is -2.17. The minimum Gasteiger partial charge on any atom is -0.399 e. The van der Waals surface area contributed by atoms with Gasteiger partial charge in [-0.15, -0.1) is 0 Å². The van der Waals surface area contributed by atoms with Gasteiger partial charge in [-0.3, -0.25) is 4.72 Å². The largest absolute Gasteiger partial charge is 0.399 e. The Kier molecular flexibility index (Phi) is 4.63. The Balaban J connectivity index is 1.88. The molecule has 0 saturated heterocycles. The maximum absolute atomic E-state index is 11.9. The number of anilines is 2. The molecule has 0 unspecified atom stereocenters. The fraction of sp³-hybridized carbons (Fsp3) is 0.200. The molecule has 20 heavy (non-hydrogen) atoms. The number of nitrogen functional groups attached to an aromatic ring is 1. The quantitative estimate of drug-likeness (QED) is 0.803. The van der Waals surface area contributed by atoms with Crippen molar-refractivity contribution in [2.75, 3.05) is 16.2 Å². The highest BCUT2D eigenvalue weighted by atomic mass is 32.2. The van der Waals surface area contributed by atoms with Gasteiger partial charge in [0.25, 0.3) is 0 Å². The van der Waals surface area contributed by atoms with Crippen molar-refractivity contribution in [1.29, 1.82) is 0 Å². The highest BCUT2D eigenvalue weighted by Crippen LogP contribution is 2.14. The lowest BCUT2D eigenvalue weighted by atomic mass is 10.1. The standard InChI is InChI=1S/C15H18N2O2S/c16-14-9-4-10-15(12-14)17-20(18,19)11-5-8-13-6-2-1-3-7-13/h1-4,6-7,9-10,12,17H,5,8,11,16H2. The second-order valence-electron chi connectivity index (χ2n) is 4.64. The molecule has 5 heteroatoms. The number of hydrogen-bond acceptors (Lipinski definition) is 3. The molecule has 0 atom stereocenters. The van der Waals surface area contributed by atoms with Crippen LogP contribution in [0.25, 0.3) is 0 Å². The lowest BCUT2D eigenvalue weighted by molar-refractivity contribution is 0.598. The van der Waals surface area contributed by atoms with Crippen LogP contribution in [0.2, 0.25) is 0 Å². The van der Waals surface area contributed by atoms with E-state index in [0.717, 1.165) is 12.0 Å². The Morgan fingerprint density at radius 1 is 1.00 bits per heavy atom. The highest BCUT2D eigenvalue weighted by Gasteiger charge is 2.10. The van der Waals surface area contributed by atoms with Crippen LogP contribution >= 0.6 is 0 Å². The molecule has 2 aromatic carbocycles. The average molecular weight is 290 g/mol.